The summed E-state index contributed by atoms with van der Waals surface area (Å²) in [6.45, 7) is 5.75. The van der Waals surface area contributed by atoms with Gasteiger partial charge in [-0.2, -0.15) is 5.26 Å². The molecule has 0 aliphatic carbocycles. The Hall–Kier alpha value is -1.84. The van der Waals surface area contributed by atoms with Gasteiger partial charge in [0.2, 0.25) is 5.16 Å². The number of hydrogen-bond donors (Lipinski definition) is 2. The third kappa shape index (κ3) is 3.83. The van der Waals surface area contributed by atoms with Crippen LogP contribution in [0.3, 0.4) is 0 Å². The van der Waals surface area contributed by atoms with E-state index in [4.69, 9.17) is 0 Å². The minimum absolute atomic E-state index is 0.635. The van der Waals surface area contributed by atoms with Gasteiger partial charge in [-0.1, -0.05) is 13.0 Å². The first-order chi connectivity index (χ1) is 9.72. The highest BCUT2D eigenvalue weighted by molar-refractivity contribution is 7.99. The third-order valence-corrected chi connectivity index (χ3v) is 3.64. The van der Waals surface area contributed by atoms with Crippen LogP contribution in [0.2, 0.25) is 0 Å². The Labute approximate surface area is 122 Å². The van der Waals surface area contributed by atoms with Gasteiger partial charge >= 0.3 is 0 Å². The van der Waals surface area contributed by atoms with Crippen molar-refractivity contribution in [2.24, 2.45) is 0 Å². The first-order valence-corrected chi connectivity index (χ1v) is 7.35. The van der Waals surface area contributed by atoms with Crippen molar-refractivity contribution in [3.8, 4) is 6.07 Å². The van der Waals surface area contributed by atoms with E-state index in [9.17, 15) is 5.26 Å². The fourth-order valence-electron chi connectivity index (χ4n) is 1.74. The highest BCUT2D eigenvalue weighted by Gasteiger charge is 2.08. The van der Waals surface area contributed by atoms with Gasteiger partial charge in [0, 0.05) is 11.4 Å². The lowest BCUT2D eigenvalue weighted by molar-refractivity contribution is 0.675. The van der Waals surface area contributed by atoms with Crippen molar-refractivity contribution in [2.45, 2.75) is 36.9 Å². The molecule has 0 amide bonds. The van der Waals surface area contributed by atoms with Gasteiger partial charge in [-0.3, -0.25) is 5.10 Å². The van der Waals surface area contributed by atoms with Crippen molar-refractivity contribution in [1.29, 1.82) is 5.26 Å². The molecule has 0 saturated heterocycles. The SMILES string of the molecule is CCCNCc1ccc(Sc2n[nH]c(C)n2)c(C#N)c1. The van der Waals surface area contributed by atoms with Gasteiger partial charge in [-0.25, -0.2) is 4.98 Å². The van der Waals surface area contributed by atoms with Crippen LogP contribution in [0.15, 0.2) is 28.3 Å². The quantitative estimate of drug-likeness (QED) is 0.799. The van der Waals surface area contributed by atoms with Crippen LogP contribution in [0, 0.1) is 18.3 Å². The second-order valence-electron chi connectivity index (χ2n) is 4.42. The molecule has 104 valence electrons. The topological polar surface area (TPSA) is 77.4 Å². The van der Waals surface area contributed by atoms with Crippen LogP contribution < -0.4 is 5.32 Å². The summed E-state index contributed by atoms with van der Waals surface area (Å²) < 4.78 is 0. The van der Waals surface area contributed by atoms with Gasteiger partial charge in [0.25, 0.3) is 0 Å². The van der Waals surface area contributed by atoms with Crippen LogP contribution >= 0.6 is 11.8 Å². The van der Waals surface area contributed by atoms with Crippen LogP contribution in [0.1, 0.15) is 30.3 Å². The summed E-state index contributed by atoms with van der Waals surface area (Å²) in [6, 6.07) is 8.15. The molecule has 6 heteroatoms. The summed E-state index contributed by atoms with van der Waals surface area (Å²) in [5, 5.41) is 20.1. The van der Waals surface area contributed by atoms with E-state index in [0.29, 0.717) is 10.7 Å². The highest BCUT2D eigenvalue weighted by atomic mass is 32.2. The molecule has 2 rings (SSSR count). The molecule has 5 nitrogen and oxygen atoms in total. The van der Waals surface area contributed by atoms with Crippen LogP contribution in [0.5, 0.6) is 0 Å². The zero-order chi connectivity index (χ0) is 14.4. The Morgan fingerprint density at radius 2 is 2.30 bits per heavy atom. The Bertz CT molecular complexity index is 614. The Kier molecular flexibility index (Phi) is 5.16. The van der Waals surface area contributed by atoms with Crippen LogP contribution in [-0.4, -0.2) is 21.7 Å². The predicted molar refractivity (Wildman–Crippen MR) is 78.4 cm³/mol. The van der Waals surface area contributed by atoms with Crippen LogP contribution in [0.25, 0.3) is 0 Å². The molecular formula is C14H17N5S. The average molecular weight is 287 g/mol. The molecule has 0 fully saturated rings. The second kappa shape index (κ2) is 7.08. The molecule has 2 aromatic rings. The summed E-state index contributed by atoms with van der Waals surface area (Å²) in [5.74, 6) is 0.770. The fraction of sp³-hybridized carbons (Fsp3) is 0.357. The van der Waals surface area contributed by atoms with E-state index in [0.717, 1.165) is 35.8 Å². The van der Waals surface area contributed by atoms with Crippen LogP contribution in [0.4, 0.5) is 0 Å². The van der Waals surface area contributed by atoms with Gasteiger partial charge in [0.15, 0.2) is 0 Å². The monoisotopic (exact) mass is 287 g/mol. The Balaban J connectivity index is 2.11. The first kappa shape index (κ1) is 14.6. The van der Waals surface area contributed by atoms with Gasteiger partial charge in [0.05, 0.1) is 5.56 Å². The van der Waals surface area contributed by atoms with E-state index in [1.807, 2.05) is 25.1 Å². The molecule has 0 aliphatic rings. The van der Waals surface area contributed by atoms with Gasteiger partial charge in [-0.15, -0.1) is 5.10 Å². The maximum Gasteiger partial charge on any atom is 0.213 e. The molecule has 0 bridgehead atoms. The maximum absolute atomic E-state index is 9.27. The third-order valence-electron chi connectivity index (χ3n) is 2.70. The zero-order valence-electron chi connectivity index (χ0n) is 11.6. The molecule has 0 radical (unpaired) electrons. The van der Waals surface area contributed by atoms with Gasteiger partial charge < -0.3 is 5.32 Å². The number of nitrogens with one attached hydrogen (secondary N) is 2. The number of aryl methyl sites for hydroxylation is 1. The molecule has 2 N–H and O–H groups in total. The molecule has 0 spiro atoms. The molecule has 0 unspecified atom stereocenters. The van der Waals surface area contributed by atoms with E-state index < -0.39 is 0 Å². The first-order valence-electron chi connectivity index (χ1n) is 6.53. The number of aromatic amines is 1. The minimum atomic E-state index is 0.635. The molecule has 0 atom stereocenters. The lowest BCUT2D eigenvalue weighted by atomic mass is 10.1. The lowest BCUT2D eigenvalue weighted by Crippen LogP contribution is -2.13. The second-order valence-corrected chi connectivity index (χ2v) is 5.43. The van der Waals surface area contributed by atoms with Crippen molar-refractivity contribution in [3.05, 3.63) is 35.2 Å². The molecule has 0 aliphatic heterocycles. The number of H-pyrrole nitrogens is 1. The Morgan fingerprint density at radius 3 is 2.95 bits per heavy atom. The summed E-state index contributed by atoms with van der Waals surface area (Å²) in [6.07, 6.45) is 1.10. The zero-order valence-corrected chi connectivity index (χ0v) is 12.4. The number of nitrogens with zero attached hydrogens (tertiary/aromatic N) is 3. The van der Waals surface area contributed by atoms with E-state index >= 15 is 0 Å². The van der Waals surface area contributed by atoms with Crippen LogP contribution in [-0.2, 0) is 6.54 Å². The highest BCUT2D eigenvalue weighted by Crippen LogP contribution is 2.28. The van der Waals surface area contributed by atoms with Crippen molar-refractivity contribution < 1.29 is 0 Å². The van der Waals surface area contributed by atoms with Crippen molar-refractivity contribution in [3.63, 3.8) is 0 Å². The van der Waals surface area contributed by atoms with E-state index in [1.165, 1.54) is 11.8 Å². The normalized spacial score (nSPS) is 10.4. The summed E-state index contributed by atoms with van der Waals surface area (Å²) in [5.41, 5.74) is 1.78. The maximum atomic E-state index is 9.27. The summed E-state index contributed by atoms with van der Waals surface area (Å²) in [4.78, 5) is 5.12. The average Bonchev–Trinajstić information content (AvgIpc) is 2.86. The van der Waals surface area contributed by atoms with Crippen molar-refractivity contribution >= 4 is 11.8 Å². The standard InChI is InChI=1S/C14H17N5S/c1-3-6-16-9-11-4-5-13(12(7-11)8-15)20-14-17-10(2)18-19-14/h4-5,7,16H,3,6,9H2,1-2H3,(H,17,18,19). The number of benzene rings is 1. The number of hydrogen-bond acceptors (Lipinski definition) is 5. The number of nitriles is 1. The summed E-state index contributed by atoms with van der Waals surface area (Å²) >= 11 is 1.40. The van der Waals surface area contributed by atoms with Crippen molar-refractivity contribution in [1.82, 2.24) is 20.5 Å². The van der Waals surface area contributed by atoms with E-state index in [-0.39, 0.29) is 0 Å². The number of rotatable bonds is 6. The smallest absolute Gasteiger partial charge is 0.213 e. The van der Waals surface area contributed by atoms with E-state index in [1.54, 1.807) is 0 Å². The largest absolute Gasteiger partial charge is 0.313 e. The summed E-state index contributed by atoms with van der Waals surface area (Å²) in [7, 11) is 0. The molecule has 0 saturated carbocycles. The van der Waals surface area contributed by atoms with Crippen molar-refractivity contribution in [2.75, 3.05) is 6.54 Å². The lowest BCUT2D eigenvalue weighted by Gasteiger charge is -2.06. The predicted octanol–water partition coefficient (Wildman–Crippen LogP) is 2.64. The molecular weight excluding hydrogens is 270 g/mol. The molecule has 1 aromatic carbocycles. The van der Waals surface area contributed by atoms with Gasteiger partial charge in [-0.05, 0) is 49.3 Å². The number of aromatic nitrogens is 3. The molecule has 20 heavy (non-hydrogen) atoms. The van der Waals surface area contributed by atoms with E-state index in [2.05, 4.69) is 33.5 Å². The van der Waals surface area contributed by atoms with Gasteiger partial charge in [0.1, 0.15) is 11.9 Å². The molecule has 1 aromatic heterocycles. The molecule has 1 heterocycles. The fourth-order valence-corrected chi connectivity index (χ4v) is 2.56. The Morgan fingerprint density at radius 1 is 1.45 bits per heavy atom. The minimum Gasteiger partial charge on any atom is -0.313 e.